The first kappa shape index (κ1) is 12.2. The Kier molecular flexibility index (Phi) is 3.50. The average molecular weight is 211 g/mol. The monoisotopic (exact) mass is 211 g/mol. The molecule has 1 aliphatic rings. The van der Waals surface area contributed by atoms with Crippen LogP contribution in [0, 0.1) is 0 Å². The second kappa shape index (κ2) is 4.31. The Morgan fingerprint density at radius 2 is 1.73 bits per heavy atom. The third kappa shape index (κ3) is 1.78. The summed E-state index contributed by atoms with van der Waals surface area (Å²) < 4.78 is 0. The van der Waals surface area contributed by atoms with E-state index in [0.717, 1.165) is 0 Å². The number of benzene rings is 1. The number of allylic oxidation sites excluding steroid dienone is 1. The Morgan fingerprint density at radius 3 is 2.20 bits per heavy atom. The molecule has 1 aromatic rings. The fourth-order valence-electron chi connectivity index (χ4n) is 1.59. The SMILES string of the molecule is CC(=O)C1=C(O)c2ccccc2C1=O.[Na]. The van der Waals surface area contributed by atoms with E-state index in [1.54, 1.807) is 24.3 Å². The number of rotatable bonds is 1. The van der Waals surface area contributed by atoms with Crippen LogP contribution in [0.3, 0.4) is 0 Å². The zero-order valence-corrected chi connectivity index (χ0v) is 10.6. The summed E-state index contributed by atoms with van der Waals surface area (Å²) in [5.74, 6) is -0.979. The van der Waals surface area contributed by atoms with Gasteiger partial charge in [-0.05, 0) is 6.92 Å². The molecule has 1 N–H and O–H groups in total. The molecular weight excluding hydrogens is 203 g/mol. The number of ketones is 2. The van der Waals surface area contributed by atoms with Crippen LogP contribution in [-0.4, -0.2) is 46.2 Å². The maximum absolute atomic E-state index is 11.6. The minimum absolute atomic E-state index is 0. The fraction of sp³-hybridized carbons (Fsp3) is 0.0909. The van der Waals surface area contributed by atoms with Crippen LogP contribution < -0.4 is 0 Å². The molecule has 0 spiro atoms. The van der Waals surface area contributed by atoms with Gasteiger partial charge in [0.25, 0.3) is 0 Å². The van der Waals surface area contributed by atoms with Crippen molar-refractivity contribution in [3.63, 3.8) is 0 Å². The van der Waals surface area contributed by atoms with Gasteiger partial charge in [-0.25, -0.2) is 0 Å². The summed E-state index contributed by atoms with van der Waals surface area (Å²) >= 11 is 0. The first-order valence-electron chi connectivity index (χ1n) is 4.21. The minimum Gasteiger partial charge on any atom is -0.506 e. The molecule has 4 heteroatoms. The fourth-order valence-corrected chi connectivity index (χ4v) is 1.59. The van der Waals surface area contributed by atoms with Gasteiger partial charge in [0.05, 0.1) is 0 Å². The molecule has 0 saturated heterocycles. The molecule has 1 aliphatic carbocycles. The number of hydrogen-bond acceptors (Lipinski definition) is 3. The van der Waals surface area contributed by atoms with Crippen molar-refractivity contribution in [3.8, 4) is 0 Å². The Labute approximate surface area is 109 Å². The topological polar surface area (TPSA) is 54.4 Å². The number of Topliss-reactive ketones (excluding diaryl/α,β-unsaturated/α-hetero) is 2. The van der Waals surface area contributed by atoms with Crippen LogP contribution in [0.5, 0.6) is 0 Å². The first-order chi connectivity index (χ1) is 6.63. The van der Waals surface area contributed by atoms with Crippen LogP contribution in [0.2, 0.25) is 0 Å². The van der Waals surface area contributed by atoms with Gasteiger partial charge in [0.2, 0.25) is 5.78 Å². The molecule has 0 aliphatic heterocycles. The summed E-state index contributed by atoms with van der Waals surface area (Å²) in [5.41, 5.74) is 0.740. The summed E-state index contributed by atoms with van der Waals surface area (Å²) in [6.07, 6.45) is 0. The van der Waals surface area contributed by atoms with Crippen LogP contribution in [-0.2, 0) is 4.79 Å². The van der Waals surface area contributed by atoms with Crippen LogP contribution in [0.15, 0.2) is 29.8 Å². The zero-order valence-electron chi connectivity index (χ0n) is 8.57. The summed E-state index contributed by atoms with van der Waals surface area (Å²) in [7, 11) is 0. The number of carbonyl (C=O) groups is 2. The molecular formula is C11H8NaO3. The smallest absolute Gasteiger partial charge is 0.201 e. The molecule has 2 rings (SSSR count). The second-order valence-corrected chi connectivity index (χ2v) is 3.15. The molecule has 0 atom stereocenters. The van der Waals surface area contributed by atoms with Crippen molar-refractivity contribution in [2.45, 2.75) is 6.92 Å². The number of aliphatic hydroxyl groups is 1. The summed E-state index contributed by atoms with van der Waals surface area (Å²) in [5, 5.41) is 9.62. The average Bonchev–Trinajstić information content (AvgIpc) is 2.41. The van der Waals surface area contributed by atoms with Crippen molar-refractivity contribution in [3.05, 3.63) is 41.0 Å². The molecule has 1 radical (unpaired) electrons. The van der Waals surface area contributed by atoms with Crippen molar-refractivity contribution >= 4 is 46.9 Å². The third-order valence-electron chi connectivity index (χ3n) is 2.24. The van der Waals surface area contributed by atoms with Crippen LogP contribution in [0.1, 0.15) is 22.8 Å². The third-order valence-corrected chi connectivity index (χ3v) is 2.24. The molecule has 1 aromatic carbocycles. The molecule has 0 aromatic heterocycles. The number of fused-ring (bicyclic) bond motifs is 1. The van der Waals surface area contributed by atoms with Gasteiger partial charge in [0.15, 0.2) is 5.78 Å². The van der Waals surface area contributed by atoms with Gasteiger partial charge in [-0.2, -0.15) is 0 Å². The molecule has 3 nitrogen and oxygen atoms in total. The van der Waals surface area contributed by atoms with E-state index >= 15 is 0 Å². The quantitative estimate of drug-likeness (QED) is 0.563. The van der Waals surface area contributed by atoms with Crippen LogP contribution in [0.25, 0.3) is 5.76 Å². The Balaban J connectivity index is 0.00000112. The van der Waals surface area contributed by atoms with Crippen molar-refractivity contribution < 1.29 is 14.7 Å². The molecule has 0 fully saturated rings. The van der Waals surface area contributed by atoms with Crippen molar-refractivity contribution in [2.24, 2.45) is 0 Å². The molecule has 0 heterocycles. The predicted molar refractivity (Wildman–Crippen MR) is 56.8 cm³/mol. The Bertz CT molecular complexity index is 474. The van der Waals surface area contributed by atoms with Gasteiger partial charge >= 0.3 is 0 Å². The summed E-state index contributed by atoms with van der Waals surface area (Å²) in [4.78, 5) is 22.7. The van der Waals surface area contributed by atoms with E-state index in [2.05, 4.69) is 0 Å². The Hall–Kier alpha value is -0.900. The van der Waals surface area contributed by atoms with Gasteiger partial charge in [-0.1, -0.05) is 24.3 Å². The predicted octanol–water partition coefficient (Wildman–Crippen LogP) is 1.36. The van der Waals surface area contributed by atoms with Crippen molar-refractivity contribution in [1.82, 2.24) is 0 Å². The van der Waals surface area contributed by atoms with E-state index < -0.39 is 5.78 Å². The standard InChI is InChI=1S/C11H8O3.Na/c1-6(12)9-10(13)7-4-2-3-5-8(7)11(9)14;/h2-5,13H,1H3;. The van der Waals surface area contributed by atoms with E-state index in [1.165, 1.54) is 6.92 Å². The molecule has 0 unspecified atom stereocenters. The van der Waals surface area contributed by atoms with Crippen molar-refractivity contribution in [1.29, 1.82) is 0 Å². The molecule has 0 amide bonds. The number of carbonyl (C=O) groups excluding carboxylic acids is 2. The van der Waals surface area contributed by atoms with Gasteiger partial charge < -0.3 is 5.11 Å². The van der Waals surface area contributed by atoms with Gasteiger partial charge in [-0.15, -0.1) is 0 Å². The molecule has 71 valence electrons. The minimum atomic E-state index is -0.399. The molecule has 15 heavy (non-hydrogen) atoms. The molecule has 0 saturated carbocycles. The van der Waals surface area contributed by atoms with Gasteiger partial charge in [0.1, 0.15) is 11.3 Å². The molecule has 0 bridgehead atoms. The van der Waals surface area contributed by atoms with Crippen molar-refractivity contribution in [2.75, 3.05) is 0 Å². The van der Waals surface area contributed by atoms with E-state index in [9.17, 15) is 14.7 Å². The largest absolute Gasteiger partial charge is 0.506 e. The Morgan fingerprint density at radius 1 is 1.20 bits per heavy atom. The number of hydrogen-bond donors (Lipinski definition) is 1. The van der Waals surface area contributed by atoms with E-state index in [4.69, 9.17) is 0 Å². The maximum atomic E-state index is 11.6. The summed E-state index contributed by atoms with van der Waals surface area (Å²) in [6.45, 7) is 1.27. The van der Waals surface area contributed by atoms with E-state index in [1.807, 2.05) is 0 Å². The van der Waals surface area contributed by atoms with Gasteiger partial charge in [-0.3, -0.25) is 9.59 Å². The first-order valence-corrected chi connectivity index (χ1v) is 4.21. The van der Waals surface area contributed by atoms with Gasteiger partial charge in [0, 0.05) is 40.7 Å². The number of aliphatic hydroxyl groups excluding tert-OH is 1. The normalized spacial score (nSPS) is 13.5. The van der Waals surface area contributed by atoms with E-state index in [-0.39, 0.29) is 46.7 Å². The van der Waals surface area contributed by atoms with Crippen LogP contribution >= 0.6 is 0 Å². The maximum Gasteiger partial charge on any atom is 0.201 e. The zero-order chi connectivity index (χ0) is 10.3. The second-order valence-electron chi connectivity index (χ2n) is 3.15. The summed E-state index contributed by atoms with van der Waals surface area (Å²) in [6, 6.07) is 6.64. The van der Waals surface area contributed by atoms with E-state index in [0.29, 0.717) is 11.1 Å². The van der Waals surface area contributed by atoms with Crippen LogP contribution in [0.4, 0.5) is 0 Å².